The van der Waals surface area contributed by atoms with Gasteiger partial charge in [-0.25, -0.2) is 4.98 Å². The van der Waals surface area contributed by atoms with Gasteiger partial charge in [0.25, 0.3) is 0 Å². The quantitative estimate of drug-likeness (QED) is 0.267. The van der Waals surface area contributed by atoms with Crippen LogP contribution < -0.4 is 27.0 Å². The van der Waals surface area contributed by atoms with Gasteiger partial charge in [0.1, 0.15) is 0 Å². The molecule has 0 saturated carbocycles. The van der Waals surface area contributed by atoms with Gasteiger partial charge in [0, 0.05) is 30.7 Å². The van der Waals surface area contributed by atoms with E-state index in [1.165, 1.54) is 0 Å². The number of anilines is 1. The van der Waals surface area contributed by atoms with E-state index in [1.807, 2.05) is 13.1 Å². The first-order valence-corrected chi connectivity index (χ1v) is 8.80. The first-order valence-electron chi connectivity index (χ1n) is 8.80. The van der Waals surface area contributed by atoms with E-state index in [0.717, 1.165) is 37.0 Å². The summed E-state index contributed by atoms with van der Waals surface area (Å²) < 4.78 is 0. The summed E-state index contributed by atoms with van der Waals surface area (Å²) in [5, 5.41) is 20.2. The molecule has 3 atom stereocenters. The van der Waals surface area contributed by atoms with Gasteiger partial charge in [0.05, 0.1) is 18.3 Å². The molecule has 0 bridgehead atoms. The van der Waals surface area contributed by atoms with Crippen LogP contribution in [-0.2, 0) is 6.42 Å². The molecule has 1 aliphatic rings. The second-order valence-electron chi connectivity index (χ2n) is 7.01. The molecule has 0 aliphatic carbocycles. The summed E-state index contributed by atoms with van der Waals surface area (Å²) in [6, 6.07) is 0.957. The van der Waals surface area contributed by atoms with Crippen LogP contribution in [0.2, 0.25) is 0 Å². The van der Waals surface area contributed by atoms with Crippen molar-refractivity contribution in [2.24, 2.45) is 10.7 Å². The average Bonchev–Trinajstić information content (AvgIpc) is 3.07. The smallest absolute Gasteiger partial charge is 0.200 e. The Morgan fingerprint density at radius 3 is 2.76 bits per heavy atom. The Morgan fingerprint density at radius 2 is 2.08 bits per heavy atom. The molecular weight excluding hydrogens is 318 g/mol. The number of rotatable bonds is 8. The predicted octanol–water partition coefficient (Wildman–Crippen LogP) is 0.340. The Morgan fingerprint density at radius 1 is 1.32 bits per heavy atom. The summed E-state index contributed by atoms with van der Waals surface area (Å²) in [5.41, 5.74) is 6.37. The highest BCUT2D eigenvalue weighted by atomic mass is 15.2. The van der Waals surface area contributed by atoms with E-state index in [4.69, 9.17) is 11.1 Å². The Bertz CT molecular complexity index is 592. The average molecular weight is 349 g/mol. The van der Waals surface area contributed by atoms with Crippen LogP contribution in [0.5, 0.6) is 0 Å². The van der Waals surface area contributed by atoms with Gasteiger partial charge in [-0.3, -0.25) is 10.4 Å². The number of nitrogens with one attached hydrogen (secondary N) is 6. The van der Waals surface area contributed by atoms with Crippen LogP contribution in [0.15, 0.2) is 11.2 Å². The van der Waals surface area contributed by atoms with Gasteiger partial charge in [-0.15, -0.1) is 0 Å². The largest absolute Gasteiger partial charge is 0.370 e. The zero-order valence-electron chi connectivity index (χ0n) is 15.5. The fraction of sp³-hybridized carbons (Fsp3) is 0.688. The van der Waals surface area contributed by atoms with Crippen molar-refractivity contribution in [2.75, 3.05) is 11.9 Å². The SMILES string of the molecule is CC(C)Nc1nc(C[C@H](C)NC2=NCC(C[C@H](C)NC(=N)N)N2)c[nH]1. The molecule has 8 N–H and O–H groups in total. The molecule has 25 heavy (non-hydrogen) atoms. The number of nitrogens with two attached hydrogens (primary N) is 1. The lowest BCUT2D eigenvalue weighted by Crippen LogP contribution is -2.46. The first-order chi connectivity index (χ1) is 11.8. The summed E-state index contributed by atoms with van der Waals surface area (Å²) in [4.78, 5) is 12.2. The number of guanidine groups is 2. The van der Waals surface area contributed by atoms with Gasteiger partial charge in [-0.05, 0) is 34.1 Å². The third-order valence-corrected chi connectivity index (χ3v) is 3.81. The Labute approximate surface area is 149 Å². The lowest BCUT2D eigenvalue weighted by molar-refractivity contribution is 0.503. The molecule has 1 unspecified atom stereocenters. The van der Waals surface area contributed by atoms with Gasteiger partial charge in [-0.2, -0.15) is 0 Å². The molecule has 0 fully saturated rings. The van der Waals surface area contributed by atoms with E-state index in [0.29, 0.717) is 6.04 Å². The summed E-state index contributed by atoms with van der Waals surface area (Å²) >= 11 is 0. The third-order valence-electron chi connectivity index (χ3n) is 3.81. The lowest BCUT2D eigenvalue weighted by Gasteiger charge is -2.20. The van der Waals surface area contributed by atoms with Crippen molar-refractivity contribution in [3.8, 4) is 0 Å². The topological polar surface area (TPSA) is 139 Å². The summed E-state index contributed by atoms with van der Waals surface area (Å²) in [7, 11) is 0. The van der Waals surface area contributed by atoms with Crippen molar-refractivity contribution < 1.29 is 0 Å². The molecule has 9 heteroatoms. The highest BCUT2D eigenvalue weighted by Crippen LogP contribution is 2.08. The zero-order chi connectivity index (χ0) is 18.4. The van der Waals surface area contributed by atoms with Crippen molar-refractivity contribution in [1.29, 1.82) is 5.41 Å². The molecule has 2 heterocycles. The van der Waals surface area contributed by atoms with Gasteiger partial charge >= 0.3 is 0 Å². The fourth-order valence-electron chi connectivity index (χ4n) is 2.87. The highest BCUT2D eigenvalue weighted by molar-refractivity contribution is 5.82. The minimum Gasteiger partial charge on any atom is -0.370 e. The summed E-state index contributed by atoms with van der Waals surface area (Å²) in [5.74, 6) is 1.63. The normalized spacial score (nSPS) is 19.1. The number of H-pyrrole nitrogens is 1. The molecule has 1 aliphatic heterocycles. The minimum absolute atomic E-state index is 0.00344. The molecule has 2 rings (SSSR count). The second-order valence-corrected chi connectivity index (χ2v) is 7.01. The van der Waals surface area contributed by atoms with E-state index in [2.05, 4.69) is 57.0 Å². The van der Waals surface area contributed by atoms with Crippen LogP contribution in [0.4, 0.5) is 5.95 Å². The predicted molar refractivity (Wildman–Crippen MR) is 102 cm³/mol. The number of aliphatic imine (C=N–C) groups is 1. The fourth-order valence-corrected chi connectivity index (χ4v) is 2.87. The standard InChI is InChI=1S/C16H31N9/c1-9(2)21-15-19-7-13(24-15)6-11(4)23-16-20-8-12(25-16)5-10(3)22-14(17)18/h7,9-12H,5-6,8H2,1-4H3,(H4,17,18,22)(H2,19,21,24)(H2,20,23,25)/t10-,11-,12?/m0/s1. The van der Waals surface area contributed by atoms with Gasteiger partial charge in [-0.1, -0.05) is 0 Å². The molecule has 9 nitrogen and oxygen atoms in total. The molecule has 0 spiro atoms. The van der Waals surface area contributed by atoms with E-state index in [9.17, 15) is 0 Å². The van der Waals surface area contributed by atoms with E-state index < -0.39 is 0 Å². The van der Waals surface area contributed by atoms with Gasteiger partial charge in [0.2, 0.25) is 5.95 Å². The number of hydrogen-bond acceptors (Lipinski definition) is 6. The monoisotopic (exact) mass is 349 g/mol. The molecule has 140 valence electrons. The number of aromatic amines is 1. The van der Waals surface area contributed by atoms with Crippen molar-refractivity contribution >= 4 is 17.9 Å². The molecule has 1 aromatic rings. The van der Waals surface area contributed by atoms with E-state index >= 15 is 0 Å². The Balaban J connectivity index is 1.73. The minimum atomic E-state index is 0.00344. The molecule has 0 radical (unpaired) electrons. The molecular formula is C16H31N9. The number of hydrogen-bond donors (Lipinski definition) is 7. The molecule has 1 aromatic heterocycles. The van der Waals surface area contributed by atoms with Gasteiger partial charge in [0.15, 0.2) is 11.9 Å². The molecule has 0 amide bonds. The maximum Gasteiger partial charge on any atom is 0.200 e. The molecule has 0 aromatic carbocycles. The Hall–Kier alpha value is -2.45. The van der Waals surface area contributed by atoms with Crippen molar-refractivity contribution in [3.63, 3.8) is 0 Å². The Kier molecular flexibility index (Phi) is 6.49. The first kappa shape index (κ1) is 18.9. The number of imidazole rings is 1. The highest BCUT2D eigenvalue weighted by Gasteiger charge is 2.21. The third kappa shape index (κ3) is 6.52. The zero-order valence-corrected chi connectivity index (χ0v) is 15.5. The van der Waals surface area contributed by atoms with Crippen LogP contribution in [-0.4, -0.2) is 52.6 Å². The molecule has 0 saturated heterocycles. The maximum absolute atomic E-state index is 7.27. The van der Waals surface area contributed by atoms with E-state index in [-0.39, 0.29) is 24.1 Å². The van der Waals surface area contributed by atoms with Crippen LogP contribution >= 0.6 is 0 Å². The van der Waals surface area contributed by atoms with Crippen LogP contribution in [0.3, 0.4) is 0 Å². The van der Waals surface area contributed by atoms with Gasteiger partial charge < -0.3 is 32.0 Å². The number of nitrogens with zero attached hydrogens (tertiary/aromatic N) is 2. The van der Waals surface area contributed by atoms with Crippen LogP contribution in [0.25, 0.3) is 0 Å². The van der Waals surface area contributed by atoms with Crippen LogP contribution in [0.1, 0.15) is 39.8 Å². The van der Waals surface area contributed by atoms with Crippen molar-refractivity contribution in [1.82, 2.24) is 25.9 Å². The van der Waals surface area contributed by atoms with Crippen LogP contribution in [0, 0.1) is 5.41 Å². The number of aromatic nitrogens is 2. The van der Waals surface area contributed by atoms with Crippen molar-refractivity contribution in [3.05, 3.63) is 11.9 Å². The summed E-state index contributed by atoms with van der Waals surface area (Å²) in [6.45, 7) is 9.02. The summed E-state index contributed by atoms with van der Waals surface area (Å²) in [6.07, 6.45) is 3.60. The van der Waals surface area contributed by atoms with E-state index in [1.54, 1.807) is 0 Å². The van der Waals surface area contributed by atoms with Crippen molar-refractivity contribution in [2.45, 2.75) is 64.7 Å². The maximum atomic E-state index is 7.27. The second kappa shape index (κ2) is 8.59. The lowest BCUT2D eigenvalue weighted by atomic mass is 10.1.